The number of carbonyl (C=O) groups is 3. The molecule has 3 amide bonds. The molecule has 2 aliphatic heterocycles. The van der Waals surface area contributed by atoms with Gasteiger partial charge in [-0.3, -0.25) is 24.2 Å². The van der Waals surface area contributed by atoms with Gasteiger partial charge in [-0.25, -0.2) is 4.39 Å². The highest BCUT2D eigenvalue weighted by Crippen LogP contribution is 2.33. The van der Waals surface area contributed by atoms with E-state index < -0.39 is 17.0 Å². The molecule has 0 bridgehead atoms. The molecule has 0 unspecified atom stereocenters. The van der Waals surface area contributed by atoms with E-state index in [0.29, 0.717) is 30.8 Å². The summed E-state index contributed by atoms with van der Waals surface area (Å²) in [5.41, 5.74) is 1.46. The first-order valence-corrected chi connectivity index (χ1v) is 11.9. The first kappa shape index (κ1) is 24.1. The average molecular weight is 484 g/mol. The highest BCUT2D eigenvalue weighted by atomic mass is 32.2. The lowest BCUT2D eigenvalue weighted by Gasteiger charge is -2.34. The van der Waals surface area contributed by atoms with Crippen molar-refractivity contribution in [2.24, 2.45) is 0 Å². The van der Waals surface area contributed by atoms with Crippen molar-refractivity contribution in [3.8, 4) is 0 Å². The topological polar surface area (TPSA) is 70.2 Å². The summed E-state index contributed by atoms with van der Waals surface area (Å²) >= 11 is 0.816. The van der Waals surface area contributed by atoms with Crippen molar-refractivity contribution >= 4 is 34.9 Å². The summed E-state index contributed by atoms with van der Waals surface area (Å²) in [4.78, 5) is 43.6. The zero-order chi connectivity index (χ0) is 24.1. The standard InChI is InChI=1S/C25H26FN3O4S/c1-33-14-13-27-9-11-28(12-10-27)23(30)19-7-4-5-18(15-19)16-22-24(31)29(25(32)34-22)17-20-6-2-3-8-21(20)26/h2-8,15-16H,9-14,17H2,1H3. The molecular weight excluding hydrogens is 457 g/mol. The van der Waals surface area contributed by atoms with Gasteiger partial charge in [0.25, 0.3) is 17.1 Å². The number of benzene rings is 2. The molecule has 34 heavy (non-hydrogen) atoms. The normalized spacial score (nSPS) is 18.2. The molecule has 9 heteroatoms. The Morgan fingerprint density at radius 3 is 2.59 bits per heavy atom. The van der Waals surface area contributed by atoms with Crippen molar-refractivity contribution in [2.45, 2.75) is 6.54 Å². The first-order chi connectivity index (χ1) is 16.5. The largest absolute Gasteiger partial charge is 0.383 e. The number of rotatable bonds is 7. The fourth-order valence-electron chi connectivity index (χ4n) is 3.92. The van der Waals surface area contributed by atoms with Crippen molar-refractivity contribution in [2.75, 3.05) is 46.4 Å². The maximum atomic E-state index is 14.0. The average Bonchev–Trinajstić information content (AvgIpc) is 3.11. The summed E-state index contributed by atoms with van der Waals surface area (Å²) < 4.78 is 19.1. The van der Waals surface area contributed by atoms with Gasteiger partial charge in [-0.15, -0.1) is 0 Å². The van der Waals surface area contributed by atoms with Crippen LogP contribution in [0.4, 0.5) is 9.18 Å². The van der Waals surface area contributed by atoms with E-state index in [0.717, 1.165) is 36.3 Å². The van der Waals surface area contributed by atoms with E-state index in [-0.39, 0.29) is 22.9 Å². The van der Waals surface area contributed by atoms with Crippen LogP contribution < -0.4 is 0 Å². The summed E-state index contributed by atoms with van der Waals surface area (Å²) in [6, 6.07) is 13.1. The second-order valence-electron chi connectivity index (χ2n) is 8.11. The van der Waals surface area contributed by atoms with Crippen LogP contribution in [0.1, 0.15) is 21.5 Å². The van der Waals surface area contributed by atoms with Crippen LogP contribution in [0, 0.1) is 5.82 Å². The van der Waals surface area contributed by atoms with Crippen molar-refractivity contribution in [3.05, 3.63) is 75.9 Å². The molecule has 4 rings (SSSR count). The minimum absolute atomic E-state index is 0.0608. The minimum Gasteiger partial charge on any atom is -0.383 e. The molecule has 2 aliphatic rings. The molecule has 0 aromatic heterocycles. The lowest BCUT2D eigenvalue weighted by Crippen LogP contribution is -2.49. The number of ether oxygens (including phenoxy) is 1. The highest BCUT2D eigenvalue weighted by molar-refractivity contribution is 8.18. The molecule has 0 spiro atoms. The van der Waals surface area contributed by atoms with Gasteiger partial charge in [-0.05, 0) is 41.6 Å². The molecule has 0 radical (unpaired) electrons. The Hall–Kier alpha value is -3.01. The predicted octanol–water partition coefficient (Wildman–Crippen LogP) is 3.47. The molecule has 0 atom stereocenters. The van der Waals surface area contributed by atoms with E-state index in [9.17, 15) is 18.8 Å². The van der Waals surface area contributed by atoms with Gasteiger partial charge < -0.3 is 9.64 Å². The van der Waals surface area contributed by atoms with E-state index in [1.54, 1.807) is 55.7 Å². The lowest BCUT2D eigenvalue weighted by molar-refractivity contribution is -0.123. The zero-order valence-electron chi connectivity index (χ0n) is 18.9. The van der Waals surface area contributed by atoms with Gasteiger partial charge in [-0.1, -0.05) is 30.3 Å². The second-order valence-corrected chi connectivity index (χ2v) is 9.10. The first-order valence-electron chi connectivity index (χ1n) is 11.1. The van der Waals surface area contributed by atoms with Gasteiger partial charge in [0.1, 0.15) is 5.82 Å². The third-order valence-electron chi connectivity index (χ3n) is 5.86. The summed E-state index contributed by atoms with van der Waals surface area (Å²) in [6.07, 6.45) is 1.60. The van der Waals surface area contributed by atoms with Crippen molar-refractivity contribution in [1.82, 2.24) is 14.7 Å². The zero-order valence-corrected chi connectivity index (χ0v) is 19.7. The third-order valence-corrected chi connectivity index (χ3v) is 6.77. The second kappa shape index (κ2) is 10.9. The quantitative estimate of drug-likeness (QED) is 0.562. The lowest BCUT2D eigenvalue weighted by atomic mass is 10.1. The monoisotopic (exact) mass is 483 g/mol. The van der Waals surface area contributed by atoms with E-state index in [1.165, 1.54) is 6.07 Å². The Bertz CT molecular complexity index is 1110. The number of imide groups is 1. The van der Waals surface area contributed by atoms with E-state index in [4.69, 9.17) is 4.74 Å². The fourth-order valence-corrected chi connectivity index (χ4v) is 4.76. The number of carbonyl (C=O) groups excluding carboxylic acids is 3. The predicted molar refractivity (Wildman–Crippen MR) is 129 cm³/mol. The SMILES string of the molecule is COCCN1CCN(C(=O)c2cccc(C=C3SC(=O)N(Cc4ccccc4F)C3=O)c2)CC1. The van der Waals surface area contributed by atoms with Gasteiger partial charge in [0.15, 0.2) is 0 Å². The molecular formula is C25H26FN3O4S. The van der Waals surface area contributed by atoms with Crippen LogP contribution in [0.25, 0.3) is 6.08 Å². The third kappa shape index (κ3) is 5.55. The molecule has 0 N–H and O–H groups in total. The number of nitrogens with zero attached hydrogens (tertiary/aromatic N) is 3. The molecule has 2 heterocycles. The molecule has 2 fully saturated rings. The number of amides is 3. The Morgan fingerprint density at radius 1 is 1.09 bits per heavy atom. The number of hydrogen-bond donors (Lipinski definition) is 0. The van der Waals surface area contributed by atoms with Crippen LogP contribution in [0.2, 0.25) is 0 Å². The summed E-state index contributed by atoms with van der Waals surface area (Å²) in [5, 5.41) is -0.446. The Kier molecular flexibility index (Phi) is 7.77. The Labute approximate surface area is 202 Å². The summed E-state index contributed by atoms with van der Waals surface area (Å²) in [7, 11) is 1.68. The van der Waals surface area contributed by atoms with E-state index in [1.807, 2.05) is 4.90 Å². The van der Waals surface area contributed by atoms with Gasteiger partial charge in [-0.2, -0.15) is 0 Å². The summed E-state index contributed by atoms with van der Waals surface area (Å²) in [5.74, 6) is -0.993. The van der Waals surface area contributed by atoms with Crippen LogP contribution >= 0.6 is 11.8 Å². The Balaban J connectivity index is 1.43. The van der Waals surface area contributed by atoms with Crippen LogP contribution in [-0.4, -0.2) is 78.2 Å². The molecule has 2 aromatic carbocycles. The minimum atomic E-state index is -0.470. The van der Waals surface area contributed by atoms with Crippen molar-refractivity contribution in [1.29, 1.82) is 0 Å². The summed E-state index contributed by atoms with van der Waals surface area (Å²) in [6.45, 7) is 4.27. The van der Waals surface area contributed by atoms with Crippen molar-refractivity contribution < 1.29 is 23.5 Å². The van der Waals surface area contributed by atoms with Crippen LogP contribution in [0.3, 0.4) is 0 Å². The maximum absolute atomic E-state index is 14.0. The number of piperazine rings is 1. The Morgan fingerprint density at radius 2 is 1.85 bits per heavy atom. The van der Waals surface area contributed by atoms with Gasteiger partial charge in [0, 0.05) is 51.0 Å². The van der Waals surface area contributed by atoms with Crippen molar-refractivity contribution in [3.63, 3.8) is 0 Å². The number of hydrogen-bond acceptors (Lipinski definition) is 6. The number of halogens is 1. The highest BCUT2D eigenvalue weighted by Gasteiger charge is 2.35. The van der Waals surface area contributed by atoms with Gasteiger partial charge in [0.2, 0.25) is 0 Å². The molecule has 7 nitrogen and oxygen atoms in total. The van der Waals surface area contributed by atoms with Crippen LogP contribution in [0.15, 0.2) is 53.4 Å². The molecule has 178 valence electrons. The molecule has 2 saturated heterocycles. The van der Waals surface area contributed by atoms with Crippen LogP contribution in [-0.2, 0) is 16.1 Å². The smallest absolute Gasteiger partial charge is 0.293 e. The number of thioether (sulfide) groups is 1. The molecule has 2 aromatic rings. The van der Waals surface area contributed by atoms with E-state index >= 15 is 0 Å². The van der Waals surface area contributed by atoms with Gasteiger partial charge in [0.05, 0.1) is 18.1 Å². The maximum Gasteiger partial charge on any atom is 0.293 e. The molecule has 0 saturated carbocycles. The van der Waals surface area contributed by atoms with Gasteiger partial charge >= 0.3 is 0 Å². The van der Waals surface area contributed by atoms with Crippen LogP contribution in [0.5, 0.6) is 0 Å². The van der Waals surface area contributed by atoms with E-state index in [2.05, 4.69) is 4.90 Å². The molecule has 0 aliphatic carbocycles. The number of methoxy groups -OCH3 is 1. The fraction of sp³-hybridized carbons (Fsp3) is 0.320.